The van der Waals surface area contributed by atoms with Crippen molar-refractivity contribution in [2.45, 2.75) is 69.7 Å². The zero-order chi connectivity index (χ0) is 35.9. The molecule has 2 N–H and O–H groups in total. The number of nitrogens with zero attached hydrogens (tertiary/aromatic N) is 5. The van der Waals surface area contributed by atoms with Gasteiger partial charge in [0.05, 0.1) is 23.5 Å². The molecule has 4 aliphatic rings. The first-order valence-corrected chi connectivity index (χ1v) is 18.2. The van der Waals surface area contributed by atoms with Gasteiger partial charge in [0.25, 0.3) is 11.5 Å². The van der Waals surface area contributed by atoms with E-state index in [1.54, 1.807) is 19.3 Å². The van der Waals surface area contributed by atoms with E-state index in [0.717, 1.165) is 64.0 Å². The number of hydrogen-bond acceptors (Lipinski definition) is 8. The molecule has 270 valence electrons. The van der Waals surface area contributed by atoms with E-state index in [1.165, 1.54) is 16.3 Å². The molecule has 51 heavy (non-hydrogen) atoms. The van der Waals surface area contributed by atoms with Crippen molar-refractivity contribution in [3.05, 3.63) is 87.1 Å². The molecule has 0 radical (unpaired) electrons. The summed E-state index contributed by atoms with van der Waals surface area (Å²) in [5, 5.41) is 10.1. The van der Waals surface area contributed by atoms with Crippen LogP contribution < -0.4 is 21.1 Å². The number of likely N-dealkylation sites (tertiary alicyclic amines) is 2. The molecule has 1 spiro atoms. The van der Waals surface area contributed by atoms with Gasteiger partial charge in [-0.15, -0.1) is 0 Å². The molecule has 0 bridgehead atoms. The fourth-order valence-corrected chi connectivity index (χ4v) is 8.68. The minimum Gasteiger partial charge on any atom is -0.379 e. The average Bonchev–Trinajstić information content (AvgIpc) is 3.12. The Balaban J connectivity index is 0.912. The first-order chi connectivity index (χ1) is 24.5. The maximum absolute atomic E-state index is 15.3. The quantitative estimate of drug-likeness (QED) is 0.369. The molecule has 4 aliphatic heterocycles. The molecule has 3 atom stereocenters. The summed E-state index contributed by atoms with van der Waals surface area (Å²) in [5.41, 5.74) is 4.57. The number of aryl methyl sites for hydroxylation is 1. The second kappa shape index (κ2) is 14.2. The molecule has 12 heteroatoms. The third kappa shape index (κ3) is 7.28. The highest BCUT2D eigenvalue weighted by atomic mass is 19.1. The summed E-state index contributed by atoms with van der Waals surface area (Å²) < 4.78 is 16.7. The fraction of sp³-hybridized carbons (Fsp3) is 0.513. The Kier molecular flexibility index (Phi) is 9.71. The minimum atomic E-state index is -0.501. The lowest BCUT2D eigenvalue weighted by atomic mass is 9.71. The maximum atomic E-state index is 15.3. The predicted octanol–water partition coefficient (Wildman–Crippen LogP) is 4.17. The van der Waals surface area contributed by atoms with Gasteiger partial charge >= 0.3 is 0 Å². The normalized spacial score (nSPS) is 24.0. The SMILES string of the molecule is Cc1c(N[C@H]2C[C@@H](c3ccc(C(=O)N4CCC5(CC4)CCN(c4ccc(C6CCC(=O)NC6=O)cc4F)CC5)cc3)CN(C)C2)cnn(C)c1=O. The molecule has 5 heterocycles. The van der Waals surface area contributed by atoms with Crippen molar-refractivity contribution in [3.8, 4) is 0 Å². The van der Waals surface area contributed by atoms with Gasteiger partial charge in [-0.2, -0.15) is 5.10 Å². The second-order valence-corrected chi connectivity index (χ2v) is 15.2. The smallest absolute Gasteiger partial charge is 0.271 e. The average molecular weight is 698 g/mol. The topological polar surface area (TPSA) is 120 Å². The second-order valence-electron chi connectivity index (χ2n) is 15.2. The molecule has 4 fully saturated rings. The summed E-state index contributed by atoms with van der Waals surface area (Å²) in [4.78, 5) is 56.2. The van der Waals surface area contributed by atoms with Gasteiger partial charge in [-0.3, -0.25) is 24.5 Å². The number of carbonyl (C=O) groups is 3. The van der Waals surface area contributed by atoms with Gasteiger partial charge in [0.1, 0.15) is 5.82 Å². The number of imide groups is 1. The third-order valence-electron chi connectivity index (χ3n) is 11.9. The number of anilines is 2. The molecule has 0 aliphatic carbocycles. The molecule has 3 amide bonds. The number of hydrogen-bond donors (Lipinski definition) is 2. The van der Waals surface area contributed by atoms with Crippen LogP contribution in [0.25, 0.3) is 0 Å². The van der Waals surface area contributed by atoms with Gasteiger partial charge in [-0.1, -0.05) is 18.2 Å². The van der Waals surface area contributed by atoms with Crippen LogP contribution in [0.5, 0.6) is 0 Å². The predicted molar refractivity (Wildman–Crippen MR) is 193 cm³/mol. The zero-order valence-corrected chi connectivity index (χ0v) is 29.8. The maximum Gasteiger partial charge on any atom is 0.271 e. The van der Waals surface area contributed by atoms with Crippen molar-refractivity contribution in [2.24, 2.45) is 12.5 Å². The van der Waals surface area contributed by atoms with Crippen LogP contribution in [0.15, 0.2) is 53.5 Å². The molecule has 0 saturated carbocycles. The summed E-state index contributed by atoms with van der Waals surface area (Å²) in [6, 6.07) is 13.3. The van der Waals surface area contributed by atoms with Gasteiger partial charge in [0, 0.05) is 69.9 Å². The molecule has 2 aromatic carbocycles. The van der Waals surface area contributed by atoms with E-state index in [1.807, 2.05) is 30.0 Å². The zero-order valence-electron chi connectivity index (χ0n) is 29.8. The molecule has 1 unspecified atom stereocenters. The van der Waals surface area contributed by atoms with E-state index in [2.05, 4.69) is 44.7 Å². The minimum absolute atomic E-state index is 0.0703. The van der Waals surface area contributed by atoms with Crippen molar-refractivity contribution < 1.29 is 18.8 Å². The van der Waals surface area contributed by atoms with E-state index >= 15 is 4.39 Å². The monoisotopic (exact) mass is 697 g/mol. The largest absolute Gasteiger partial charge is 0.379 e. The lowest BCUT2D eigenvalue weighted by Crippen LogP contribution is -2.48. The van der Waals surface area contributed by atoms with Gasteiger partial charge in [-0.05, 0) is 99.2 Å². The van der Waals surface area contributed by atoms with Crippen LogP contribution in [0.1, 0.15) is 83.8 Å². The number of rotatable bonds is 6. The summed E-state index contributed by atoms with van der Waals surface area (Å²) in [7, 11) is 3.77. The molecule has 4 saturated heterocycles. The highest BCUT2D eigenvalue weighted by molar-refractivity contribution is 6.01. The first kappa shape index (κ1) is 34.9. The molecular formula is C39H48FN7O4. The van der Waals surface area contributed by atoms with Gasteiger partial charge in [0.15, 0.2) is 0 Å². The van der Waals surface area contributed by atoms with E-state index in [0.29, 0.717) is 47.8 Å². The summed E-state index contributed by atoms with van der Waals surface area (Å²) in [5.74, 6) is -1.11. The van der Waals surface area contributed by atoms with E-state index in [9.17, 15) is 19.2 Å². The number of halogens is 1. The van der Waals surface area contributed by atoms with E-state index in [-0.39, 0.29) is 47.0 Å². The lowest BCUT2D eigenvalue weighted by molar-refractivity contribution is -0.134. The summed E-state index contributed by atoms with van der Waals surface area (Å²) in [6.07, 6.45) is 7.07. The molecule has 7 rings (SSSR count). The van der Waals surface area contributed by atoms with Crippen LogP contribution >= 0.6 is 0 Å². The Labute approximate surface area is 298 Å². The van der Waals surface area contributed by atoms with Gasteiger partial charge in [-0.25, -0.2) is 9.07 Å². The number of nitrogens with one attached hydrogen (secondary N) is 2. The lowest BCUT2D eigenvalue weighted by Gasteiger charge is -2.47. The van der Waals surface area contributed by atoms with Crippen LogP contribution in [0.4, 0.5) is 15.8 Å². The number of carbonyl (C=O) groups excluding carboxylic acids is 3. The van der Waals surface area contributed by atoms with Crippen LogP contribution in [-0.4, -0.2) is 89.7 Å². The van der Waals surface area contributed by atoms with Crippen LogP contribution in [0.3, 0.4) is 0 Å². The molecule has 1 aromatic heterocycles. The summed E-state index contributed by atoms with van der Waals surface area (Å²) in [6.45, 7) is 6.54. The van der Waals surface area contributed by atoms with Crippen LogP contribution in [-0.2, 0) is 16.6 Å². The van der Waals surface area contributed by atoms with E-state index in [4.69, 9.17) is 0 Å². The van der Waals surface area contributed by atoms with Crippen molar-refractivity contribution in [1.29, 1.82) is 0 Å². The van der Waals surface area contributed by atoms with Crippen LogP contribution in [0, 0.1) is 18.2 Å². The summed E-state index contributed by atoms with van der Waals surface area (Å²) >= 11 is 0. The van der Waals surface area contributed by atoms with Gasteiger partial charge < -0.3 is 20.0 Å². The Morgan fingerprint density at radius 2 is 1.63 bits per heavy atom. The molecular weight excluding hydrogens is 649 g/mol. The molecule has 3 aromatic rings. The van der Waals surface area contributed by atoms with E-state index < -0.39 is 5.92 Å². The fourth-order valence-electron chi connectivity index (χ4n) is 8.68. The molecule has 11 nitrogen and oxygen atoms in total. The Morgan fingerprint density at radius 3 is 2.31 bits per heavy atom. The van der Waals surface area contributed by atoms with Gasteiger partial charge in [0.2, 0.25) is 11.8 Å². The Hall–Kier alpha value is -4.58. The Bertz CT molecular complexity index is 1860. The number of likely N-dealkylation sites (N-methyl/N-ethyl adjacent to an activating group) is 1. The van der Waals surface area contributed by atoms with Crippen LogP contribution in [0.2, 0.25) is 0 Å². The Morgan fingerprint density at radius 1 is 0.941 bits per heavy atom. The third-order valence-corrected chi connectivity index (χ3v) is 11.9. The number of benzene rings is 2. The van der Waals surface area contributed by atoms with Crippen molar-refractivity contribution in [2.75, 3.05) is 56.5 Å². The standard InChI is InChI=1S/C39H48FN7O4/c1-25-33(22-41-45(3)37(25)50)42-30-20-29(23-44(2)24-30)26-4-6-27(7-5-26)38(51)47-18-14-39(15-19-47)12-16-46(17-13-39)34-10-8-28(21-32(34)40)31-9-11-35(48)43-36(31)49/h4-8,10,21-22,29-31,42H,9,11-20,23-24H2,1-3H3,(H,43,48,49)/t29-,30+,31?/m1/s1. The number of piperidine rings is 4. The highest BCUT2D eigenvalue weighted by Gasteiger charge is 2.39. The number of amides is 3. The first-order valence-electron chi connectivity index (χ1n) is 18.2. The van der Waals surface area contributed by atoms with Crippen molar-refractivity contribution in [3.63, 3.8) is 0 Å². The van der Waals surface area contributed by atoms with Crippen molar-refractivity contribution in [1.82, 2.24) is 24.9 Å². The highest BCUT2D eigenvalue weighted by Crippen LogP contribution is 2.43. The van der Waals surface area contributed by atoms with Crippen molar-refractivity contribution >= 4 is 29.1 Å². The number of aromatic nitrogens is 2.